The molecule has 9 aromatic carbocycles. The standard InChI is InChI=1S/C59H41N3/c1-5-17-40(18-6-1)46-25-15-27-48(35-46)56-39-55(61-59(62-56)49-28-16-26-47(36-49)41-19-7-2-8-20-41)45-33-31-43(32-34-45)52-37-57-58(51-30-14-13-29-50(51)52)53(42-21-9-3-10-22-42)38-54(60-57)44-23-11-4-12-24-44/h1-39,54,60H. The van der Waals surface area contributed by atoms with Crippen LogP contribution in [0.15, 0.2) is 237 Å². The maximum absolute atomic E-state index is 5.27. The Hall–Kier alpha value is -8.14. The quantitative estimate of drug-likeness (QED) is 0.167. The first-order valence-electron chi connectivity index (χ1n) is 21.2. The molecule has 3 heteroatoms. The minimum atomic E-state index is 0.0261. The number of hydrogen-bond donors (Lipinski definition) is 1. The molecule has 0 saturated heterocycles. The maximum atomic E-state index is 5.27. The third-order valence-corrected chi connectivity index (χ3v) is 11.9. The van der Waals surface area contributed by atoms with Crippen molar-refractivity contribution in [2.45, 2.75) is 6.04 Å². The van der Waals surface area contributed by atoms with Crippen LogP contribution in [0.4, 0.5) is 5.69 Å². The number of hydrogen-bond acceptors (Lipinski definition) is 3. The maximum Gasteiger partial charge on any atom is 0.160 e. The van der Waals surface area contributed by atoms with Gasteiger partial charge in [0.25, 0.3) is 0 Å². The molecule has 1 aromatic heterocycles. The molecule has 11 rings (SSSR count). The Morgan fingerprint density at radius 2 is 0.823 bits per heavy atom. The Labute approximate surface area is 362 Å². The highest BCUT2D eigenvalue weighted by Gasteiger charge is 2.25. The Morgan fingerprint density at radius 3 is 1.47 bits per heavy atom. The van der Waals surface area contributed by atoms with Crippen LogP contribution < -0.4 is 5.32 Å². The molecular weight excluding hydrogens is 751 g/mol. The SMILES string of the molecule is C1=C(c2ccccc2)c2c(cc(-c3ccc(-c4cc(-c5cccc(-c6ccccc6)c5)nc(-c5cccc(-c6ccccc6)c5)n4)cc3)c3ccccc23)NC1c1ccccc1. The van der Waals surface area contributed by atoms with E-state index in [-0.39, 0.29) is 6.04 Å². The van der Waals surface area contributed by atoms with Crippen LogP contribution in [0.5, 0.6) is 0 Å². The van der Waals surface area contributed by atoms with E-state index in [1.54, 1.807) is 0 Å². The third-order valence-electron chi connectivity index (χ3n) is 11.9. The van der Waals surface area contributed by atoms with Crippen LogP contribution >= 0.6 is 0 Å². The van der Waals surface area contributed by atoms with E-state index in [4.69, 9.17) is 9.97 Å². The van der Waals surface area contributed by atoms with Gasteiger partial charge in [0.2, 0.25) is 0 Å². The van der Waals surface area contributed by atoms with Crippen molar-refractivity contribution in [1.82, 2.24) is 9.97 Å². The molecule has 1 aliphatic heterocycles. The summed E-state index contributed by atoms with van der Waals surface area (Å²) in [4.78, 5) is 10.5. The minimum absolute atomic E-state index is 0.0261. The molecular formula is C59H41N3. The molecule has 3 nitrogen and oxygen atoms in total. The highest BCUT2D eigenvalue weighted by Crippen LogP contribution is 2.46. The van der Waals surface area contributed by atoms with Crippen LogP contribution in [0.3, 0.4) is 0 Å². The molecule has 0 saturated carbocycles. The molecule has 292 valence electrons. The van der Waals surface area contributed by atoms with Gasteiger partial charge in [0.15, 0.2) is 5.82 Å². The zero-order valence-corrected chi connectivity index (χ0v) is 34.0. The number of anilines is 1. The van der Waals surface area contributed by atoms with Crippen LogP contribution in [-0.2, 0) is 0 Å². The van der Waals surface area contributed by atoms with Crippen molar-refractivity contribution in [3.8, 4) is 67.3 Å². The number of nitrogens with zero attached hydrogens (tertiary/aromatic N) is 2. The topological polar surface area (TPSA) is 37.8 Å². The molecule has 0 amide bonds. The lowest BCUT2D eigenvalue weighted by Gasteiger charge is -2.29. The molecule has 1 aliphatic rings. The number of fused-ring (bicyclic) bond motifs is 3. The molecule has 2 heterocycles. The number of rotatable bonds is 8. The Bertz CT molecular complexity index is 3130. The van der Waals surface area contributed by atoms with Gasteiger partial charge in [-0.05, 0) is 91.2 Å². The van der Waals surface area contributed by atoms with Crippen LogP contribution in [0.25, 0.3) is 83.6 Å². The van der Waals surface area contributed by atoms with Gasteiger partial charge in [0, 0.05) is 27.9 Å². The van der Waals surface area contributed by atoms with Crippen molar-refractivity contribution in [1.29, 1.82) is 0 Å². The molecule has 0 radical (unpaired) electrons. The van der Waals surface area contributed by atoms with Crippen LogP contribution in [0, 0.1) is 0 Å². The fourth-order valence-electron chi connectivity index (χ4n) is 8.83. The first kappa shape index (κ1) is 36.9. The zero-order valence-electron chi connectivity index (χ0n) is 34.0. The second-order valence-corrected chi connectivity index (χ2v) is 15.8. The number of aromatic nitrogens is 2. The highest BCUT2D eigenvalue weighted by molar-refractivity contribution is 6.10. The molecule has 0 fully saturated rings. The normalized spacial score (nSPS) is 13.2. The Balaban J connectivity index is 1.02. The van der Waals surface area contributed by atoms with Crippen LogP contribution in [-0.4, -0.2) is 9.97 Å². The average Bonchev–Trinajstić information content (AvgIpc) is 3.37. The highest BCUT2D eigenvalue weighted by atomic mass is 14.9. The van der Waals surface area contributed by atoms with Gasteiger partial charge in [-0.2, -0.15) is 0 Å². The fourth-order valence-corrected chi connectivity index (χ4v) is 8.83. The monoisotopic (exact) mass is 791 g/mol. The lowest BCUT2D eigenvalue weighted by atomic mass is 9.84. The molecule has 1 N–H and O–H groups in total. The fraction of sp³-hybridized carbons (Fsp3) is 0.0169. The van der Waals surface area contributed by atoms with Gasteiger partial charge in [-0.1, -0.05) is 206 Å². The van der Waals surface area contributed by atoms with Crippen molar-refractivity contribution < 1.29 is 0 Å². The molecule has 0 aliphatic carbocycles. The van der Waals surface area contributed by atoms with Gasteiger partial charge in [-0.15, -0.1) is 0 Å². The van der Waals surface area contributed by atoms with Gasteiger partial charge < -0.3 is 5.32 Å². The largest absolute Gasteiger partial charge is 0.374 e. The summed E-state index contributed by atoms with van der Waals surface area (Å²) in [5.74, 6) is 0.687. The van der Waals surface area contributed by atoms with Crippen molar-refractivity contribution >= 4 is 22.0 Å². The lowest BCUT2D eigenvalue weighted by molar-refractivity contribution is 0.975. The molecule has 0 spiro atoms. The smallest absolute Gasteiger partial charge is 0.160 e. The molecule has 1 unspecified atom stereocenters. The van der Waals surface area contributed by atoms with E-state index in [0.29, 0.717) is 5.82 Å². The Morgan fingerprint density at radius 1 is 0.339 bits per heavy atom. The van der Waals surface area contributed by atoms with E-state index in [2.05, 4.69) is 236 Å². The van der Waals surface area contributed by atoms with Crippen LogP contribution in [0.2, 0.25) is 0 Å². The van der Waals surface area contributed by atoms with Crippen molar-refractivity contribution in [2.24, 2.45) is 0 Å². The molecule has 10 aromatic rings. The van der Waals surface area contributed by atoms with Crippen molar-refractivity contribution in [2.75, 3.05) is 5.32 Å². The van der Waals surface area contributed by atoms with Gasteiger partial charge in [-0.25, -0.2) is 9.97 Å². The van der Waals surface area contributed by atoms with Gasteiger partial charge in [0.1, 0.15) is 0 Å². The predicted molar refractivity (Wildman–Crippen MR) is 258 cm³/mol. The Kier molecular flexibility index (Phi) is 9.61. The van der Waals surface area contributed by atoms with Gasteiger partial charge in [-0.3, -0.25) is 0 Å². The van der Waals surface area contributed by atoms with E-state index >= 15 is 0 Å². The summed E-state index contributed by atoms with van der Waals surface area (Å²) in [5, 5.41) is 6.36. The summed E-state index contributed by atoms with van der Waals surface area (Å²) in [6.45, 7) is 0. The van der Waals surface area contributed by atoms with E-state index in [0.717, 1.165) is 56.0 Å². The number of benzene rings is 9. The first-order chi connectivity index (χ1) is 30.7. The van der Waals surface area contributed by atoms with E-state index in [1.165, 1.54) is 44.2 Å². The zero-order chi connectivity index (χ0) is 41.2. The van der Waals surface area contributed by atoms with Crippen molar-refractivity contribution in [3.05, 3.63) is 253 Å². The summed E-state index contributed by atoms with van der Waals surface area (Å²) in [5.41, 5.74) is 17.7. The summed E-state index contributed by atoms with van der Waals surface area (Å²) >= 11 is 0. The molecule has 62 heavy (non-hydrogen) atoms. The number of nitrogens with one attached hydrogen (secondary N) is 1. The van der Waals surface area contributed by atoms with E-state index in [9.17, 15) is 0 Å². The summed E-state index contributed by atoms with van der Waals surface area (Å²) in [6, 6.07) is 81.8. The molecule has 1 atom stereocenters. The second-order valence-electron chi connectivity index (χ2n) is 15.8. The second kappa shape index (κ2) is 16.1. The molecule has 0 bridgehead atoms. The van der Waals surface area contributed by atoms with E-state index in [1.807, 2.05) is 6.07 Å². The summed E-state index contributed by atoms with van der Waals surface area (Å²) in [6.07, 6.45) is 2.38. The van der Waals surface area contributed by atoms with Crippen LogP contribution in [0.1, 0.15) is 22.7 Å². The van der Waals surface area contributed by atoms with E-state index < -0.39 is 0 Å². The van der Waals surface area contributed by atoms with Crippen molar-refractivity contribution in [3.63, 3.8) is 0 Å². The minimum Gasteiger partial charge on any atom is -0.374 e. The summed E-state index contributed by atoms with van der Waals surface area (Å²) < 4.78 is 0. The first-order valence-corrected chi connectivity index (χ1v) is 21.2. The predicted octanol–water partition coefficient (Wildman–Crippen LogP) is 15.2. The van der Waals surface area contributed by atoms with Gasteiger partial charge >= 0.3 is 0 Å². The van der Waals surface area contributed by atoms with Gasteiger partial charge in [0.05, 0.1) is 17.4 Å². The lowest BCUT2D eigenvalue weighted by Crippen LogP contribution is -2.15. The summed E-state index contributed by atoms with van der Waals surface area (Å²) in [7, 11) is 0. The third kappa shape index (κ3) is 7.16. The average molecular weight is 792 g/mol.